The van der Waals surface area contributed by atoms with Crippen LogP contribution in [0.1, 0.15) is 25.7 Å². The molecule has 0 radical (unpaired) electrons. The summed E-state index contributed by atoms with van der Waals surface area (Å²) in [6.07, 6.45) is 1.40. The standard InChI is InChI=1S/C22H23F2N3O5/c1-13(27-21(29)17-9-15-4-2-3-14(17)11-26-15)7-8-25-20(28)12-30-16-5-6-18-19(10-16)32-22(23,24)31-18/h5-6,9-10,26H,1-4,7-8,11-12H2,(H,25,28)(H,27,29). The Labute approximate surface area is 183 Å². The minimum absolute atomic E-state index is 0.104. The Morgan fingerprint density at radius 2 is 2.03 bits per heavy atom. The number of hydrogen-bond donors (Lipinski definition) is 3. The van der Waals surface area contributed by atoms with Crippen LogP contribution in [0.5, 0.6) is 17.2 Å². The van der Waals surface area contributed by atoms with E-state index >= 15 is 0 Å². The summed E-state index contributed by atoms with van der Waals surface area (Å²) in [7, 11) is 0. The molecule has 3 N–H and O–H groups in total. The van der Waals surface area contributed by atoms with Gasteiger partial charge in [0.05, 0.1) is 0 Å². The number of rotatable bonds is 8. The van der Waals surface area contributed by atoms with Crippen LogP contribution in [0, 0.1) is 0 Å². The van der Waals surface area contributed by atoms with Crippen molar-refractivity contribution in [1.29, 1.82) is 0 Å². The third-order valence-electron chi connectivity index (χ3n) is 5.18. The topological polar surface area (TPSA) is 97.9 Å². The van der Waals surface area contributed by atoms with Gasteiger partial charge in [0.15, 0.2) is 18.1 Å². The lowest BCUT2D eigenvalue weighted by molar-refractivity contribution is -0.286. The third-order valence-corrected chi connectivity index (χ3v) is 5.18. The Hall–Kier alpha value is -3.56. The van der Waals surface area contributed by atoms with E-state index < -0.39 is 12.2 Å². The van der Waals surface area contributed by atoms with Crippen molar-refractivity contribution in [3.63, 3.8) is 0 Å². The summed E-state index contributed by atoms with van der Waals surface area (Å²) < 4.78 is 40.0. The molecular weight excluding hydrogens is 424 g/mol. The van der Waals surface area contributed by atoms with Crippen molar-refractivity contribution in [2.75, 3.05) is 19.7 Å². The van der Waals surface area contributed by atoms with Crippen molar-refractivity contribution >= 4 is 11.8 Å². The number of hydrogen-bond acceptors (Lipinski definition) is 6. The molecule has 1 aromatic rings. The molecular formula is C22H23F2N3O5. The van der Waals surface area contributed by atoms with Crippen molar-refractivity contribution in [2.45, 2.75) is 32.0 Å². The van der Waals surface area contributed by atoms with Crippen molar-refractivity contribution < 1.29 is 32.6 Å². The first-order valence-electron chi connectivity index (χ1n) is 10.2. The molecule has 2 amide bonds. The van der Waals surface area contributed by atoms with Gasteiger partial charge in [-0.3, -0.25) is 9.59 Å². The molecule has 4 aliphatic rings. The third kappa shape index (κ3) is 5.19. The van der Waals surface area contributed by atoms with Crippen LogP contribution in [0.25, 0.3) is 0 Å². The molecule has 10 heteroatoms. The Morgan fingerprint density at radius 3 is 2.88 bits per heavy atom. The molecule has 5 rings (SSSR count). The normalized spacial score (nSPS) is 17.8. The Balaban J connectivity index is 1.17. The number of allylic oxidation sites excluding steroid dienone is 1. The van der Waals surface area contributed by atoms with E-state index in [1.807, 2.05) is 6.08 Å². The molecule has 0 unspecified atom stereocenters. The zero-order valence-corrected chi connectivity index (χ0v) is 17.3. The van der Waals surface area contributed by atoms with Gasteiger partial charge < -0.3 is 30.2 Å². The quantitative estimate of drug-likeness (QED) is 0.567. The van der Waals surface area contributed by atoms with Gasteiger partial charge in [-0.2, -0.15) is 0 Å². The molecule has 3 aliphatic heterocycles. The number of amides is 2. The van der Waals surface area contributed by atoms with E-state index in [-0.39, 0.29) is 36.3 Å². The number of benzene rings is 1. The molecule has 0 saturated carbocycles. The highest BCUT2D eigenvalue weighted by molar-refractivity contribution is 5.98. The smallest absolute Gasteiger partial charge is 0.484 e. The van der Waals surface area contributed by atoms with Crippen molar-refractivity contribution in [1.82, 2.24) is 16.0 Å². The largest absolute Gasteiger partial charge is 0.586 e. The molecule has 2 bridgehead atoms. The average molecular weight is 447 g/mol. The molecule has 0 atom stereocenters. The van der Waals surface area contributed by atoms with Crippen LogP contribution in [0.4, 0.5) is 8.78 Å². The number of ether oxygens (including phenoxy) is 3. The van der Waals surface area contributed by atoms with Crippen molar-refractivity contribution in [2.24, 2.45) is 0 Å². The lowest BCUT2D eigenvalue weighted by Gasteiger charge is -2.18. The second kappa shape index (κ2) is 8.89. The van der Waals surface area contributed by atoms with E-state index in [1.165, 1.54) is 18.2 Å². The fourth-order valence-corrected chi connectivity index (χ4v) is 3.61. The minimum atomic E-state index is -3.71. The van der Waals surface area contributed by atoms with Gasteiger partial charge in [-0.15, -0.1) is 8.78 Å². The maximum absolute atomic E-state index is 13.0. The fraction of sp³-hybridized carbons (Fsp3) is 0.364. The van der Waals surface area contributed by atoms with Crippen LogP contribution < -0.4 is 30.2 Å². The summed E-state index contributed by atoms with van der Waals surface area (Å²) >= 11 is 0. The van der Waals surface area contributed by atoms with Crippen LogP contribution >= 0.6 is 0 Å². The number of halogens is 2. The summed E-state index contributed by atoms with van der Waals surface area (Å²) in [5.41, 5.74) is 3.35. The monoisotopic (exact) mass is 447 g/mol. The van der Waals surface area contributed by atoms with Crippen LogP contribution in [0.15, 0.2) is 53.4 Å². The van der Waals surface area contributed by atoms with Gasteiger partial charge in [0, 0.05) is 42.5 Å². The predicted octanol–water partition coefficient (Wildman–Crippen LogP) is 2.49. The van der Waals surface area contributed by atoms with E-state index in [4.69, 9.17) is 4.74 Å². The summed E-state index contributed by atoms with van der Waals surface area (Å²) in [4.78, 5) is 24.5. The van der Waals surface area contributed by atoms with Crippen LogP contribution in [0.3, 0.4) is 0 Å². The molecule has 0 aromatic heterocycles. The number of nitrogens with one attached hydrogen (secondary N) is 3. The molecule has 1 aromatic carbocycles. The van der Waals surface area contributed by atoms with Gasteiger partial charge in [-0.05, 0) is 43.0 Å². The highest BCUT2D eigenvalue weighted by atomic mass is 19.3. The van der Waals surface area contributed by atoms with E-state index in [0.717, 1.165) is 30.5 Å². The van der Waals surface area contributed by atoms with E-state index in [1.54, 1.807) is 0 Å². The maximum Gasteiger partial charge on any atom is 0.586 e. The molecule has 0 spiro atoms. The minimum Gasteiger partial charge on any atom is -0.484 e. The predicted molar refractivity (Wildman–Crippen MR) is 110 cm³/mol. The van der Waals surface area contributed by atoms with Crippen molar-refractivity contribution in [3.8, 4) is 17.2 Å². The molecule has 1 aliphatic carbocycles. The number of fused-ring (bicyclic) bond motifs is 5. The molecule has 170 valence electrons. The lowest BCUT2D eigenvalue weighted by Crippen LogP contribution is -2.32. The van der Waals surface area contributed by atoms with Gasteiger partial charge in [-0.1, -0.05) is 6.58 Å². The molecule has 3 heterocycles. The molecule has 1 fully saturated rings. The lowest BCUT2D eigenvalue weighted by atomic mass is 10.0. The SMILES string of the molecule is C=C(CCNC(=O)COc1ccc2c(c1)OC(F)(F)O2)NC(=O)C1=C2CCCC(=C1)NC2. The fourth-order valence-electron chi connectivity index (χ4n) is 3.61. The Kier molecular flexibility index (Phi) is 6.02. The van der Waals surface area contributed by atoms with Crippen LogP contribution in [-0.4, -0.2) is 37.8 Å². The molecule has 32 heavy (non-hydrogen) atoms. The van der Waals surface area contributed by atoms with Crippen molar-refractivity contribution in [3.05, 3.63) is 53.4 Å². The second-order valence-electron chi connectivity index (χ2n) is 7.62. The first kappa shape index (κ1) is 21.7. The van der Waals surface area contributed by atoms with Crippen LogP contribution in [-0.2, 0) is 9.59 Å². The highest BCUT2D eigenvalue weighted by Gasteiger charge is 2.43. The first-order chi connectivity index (χ1) is 15.3. The average Bonchev–Trinajstić information content (AvgIpc) is 2.91. The summed E-state index contributed by atoms with van der Waals surface area (Å²) in [6.45, 7) is 4.49. The summed E-state index contributed by atoms with van der Waals surface area (Å²) in [5, 5.41) is 8.74. The van der Waals surface area contributed by atoms with Crippen LogP contribution in [0.2, 0.25) is 0 Å². The Bertz CT molecular complexity index is 1010. The Morgan fingerprint density at radius 1 is 1.22 bits per heavy atom. The molecule has 8 nitrogen and oxygen atoms in total. The number of carbonyl (C=O) groups excluding carboxylic acids is 2. The second-order valence-corrected chi connectivity index (χ2v) is 7.62. The maximum atomic E-state index is 13.0. The number of alkyl halides is 2. The van der Waals surface area contributed by atoms with E-state index in [2.05, 4.69) is 32.0 Å². The van der Waals surface area contributed by atoms with E-state index in [9.17, 15) is 18.4 Å². The zero-order valence-electron chi connectivity index (χ0n) is 17.3. The van der Waals surface area contributed by atoms with Gasteiger partial charge in [0.25, 0.3) is 11.8 Å². The van der Waals surface area contributed by atoms with Gasteiger partial charge in [0.2, 0.25) is 0 Å². The van der Waals surface area contributed by atoms with E-state index in [0.29, 0.717) is 24.2 Å². The highest BCUT2D eigenvalue weighted by Crippen LogP contribution is 2.42. The molecule has 1 saturated heterocycles. The van der Waals surface area contributed by atoms with Gasteiger partial charge >= 0.3 is 6.29 Å². The summed E-state index contributed by atoms with van der Waals surface area (Å²) in [6, 6.07) is 3.90. The summed E-state index contributed by atoms with van der Waals surface area (Å²) in [5.74, 6) is -0.673. The number of carbonyl (C=O) groups is 2. The van der Waals surface area contributed by atoms with Gasteiger partial charge in [0.1, 0.15) is 5.75 Å². The van der Waals surface area contributed by atoms with Gasteiger partial charge in [-0.25, -0.2) is 0 Å². The first-order valence-corrected chi connectivity index (χ1v) is 10.2. The number of dihydropyridines is 1. The zero-order chi connectivity index (χ0) is 22.7.